The molecule has 0 aliphatic rings. The minimum absolute atomic E-state index is 0.175. The van der Waals surface area contributed by atoms with Crippen LogP contribution in [0.1, 0.15) is 13.8 Å². The Kier molecular flexibility index (Phi) is 4.91. The van der Waals surface area contributed by atoms with Crippen LogP contribution in [0.5, 0.6) is 0 Å². The molecule has 0 nitrogen and oxygen atoms in total. The largest absolute Gasteiger partial charge is 0.457 e. The van der Waals surface area contributed by atoms with Crippen LogP contribution in [0.3, 0.4) is 0 Å². The van der Waals surface area contributed by atoms with Crippen LogP contribution in [0.2, 0.25) is 0 Å². The van der Waals surface area contributed by atoms with Crippen molar-refractivity contribution in [3.63, 3.8) is 0 Å². The van der Waals surface area contributed by atoms with Gasteiger partial charge in [-0.25, -0.2) is 0 Å². The van der Waals surface area contributed by atoms with Gasteiger partial charge in [0.25, 0.3) is 0 Å². The van der Waals surface area contributed by atoms with Crippen molar-refractivity contribution in [2.45, 2.75) is 25.9 Å². The molecule has 84 valence electrons. The Morgan fingerprint density at radius 3 is 2.07 bits per heavy atom. The molecule has 14 heavy (non-hydrogen) atoms. The number of thioether (sulfide) groups is 1. The van der Waals surface area contributed by atoms with Gasteiger partial charge in [-0.05, 0) is 12.7 Å². The van der Waals surface area contributed by atoms with Gasteiger partial charge in [-0.2, -0.15) is 33.7 Å². The molecule has 0 fully saturated rings. The molecule has 0 spiro atoms. The number of hydrogen-bond donors (Lipinski definition) is 0. The first-order valence-electron chi connectivity index (χ1n) is 3.93. The third kappa shape index (κ3) is 3.48. The van der Waals surface area contributed by atoms with Crippen LogP contribution in [0.4, 0.5) is 22.0 Å². The quantitative estimate of drug-likeness (QED) is 0.404. The van der Waals surface area contributed by atoms with Gasteiger partial charge < -0.3 is 0 Å². The summed E-state index contributed by atoms with van der Waals surface area (Å²) >= 11 is 1.29. The smallest absolute Gasteiger partial charge is 0.191 e. The Morgan fingerprint density at radius 1 is 1.21 bits per heavy atom. The Balaban J connectivity index is 4.50. The van der Waals surface area contributed by atoms with Crippen LogP contribution in [0.25, 0.3) is 0 Å². The number of rotatable bonds is 4. The molecule has 6 heteroatoms. The summed E-state index contributed by atoms with van der Waals surface area (Å²) in [7, 11) is 0. The zero-order valence-electron chi connectivity index (χ0n) is 7.79. The second-order valence-electron chi connectivity index (χ2n) is 2.62. The maximum Gasteiger partial charge on any atom is 0.457 e. The second kappa shape index (κ2) is 5.00. The molecule has 0 heterocycles. The first kappa shape index (κ1) is 13.7. The number of allylic oxidation sites excluding steroid dienone is 1. The highest BCUT2D eigenvalue weighted by molar-refractivity contribution is 7.99. The van der Waals surface area contributed by atoms with E-state index in [-0.39, 0.29) is 5.75 Å². The molecule has 0 aromatic rings. The number of hydrogen-bond acceptors (Lipinski definition) is 1. The summed E-state index contributed by atoms with van der Waals surface area (Å²) in [4.78, 5) is 0. The highest BCUT2D eigenvalue weighted by Crippen LogP contribution is 2.40. The van der Waals surface area contributed by atoms with E-state index in [0.29, 0.717) is 5.75 Å². The minimum Gasteiger partial charge on any atom is -0.191 e. The van der Waals surface area contributed by atoms with Crippen molar-refractivity contribution in [3.05, 3.63) is 11.6 Å². The highest BCUT2D eigenvalue weighted by atomic mass is 32.2. The molecular weight excluding hydrogens is 223 g/mol. The van der Waals surface area contributed by atoms with Crippen molar-refractivity contribution >= 4 is 11.8 Å². The number of alkyl halides is 5. The zero-order valence-corrected chi connectivity index (χ0v) is 8.61. The van der Waals surface area contributed by atoms with E-state index in [1.54, 1.807) is 6.92 Å². The van der Waals surface area contributed by atoms with Crippen molar-refractivity contribution in [3.8, 4) is 0 Å². The fourth-order valence-electron chi connectivity index (χ4n) is 0.654. The van der Waals surface area contributed by atoms with Gasteiger partial charge in [-0.1, -0.05) is 13.0 Å². The Hall–Kier alpha value is -0.260. The molecule has 0 aliphatic carbocycles. The normalized spacial score (nSPS) is 14.6. The molecule has 0 aromatic heterocycles. The summed E-state index contributed by atoms with van der Waals surface area (Å²) in [5.41, 5.74) is -0.939. The van der Waals surface area contributed by atoms with Gasteiger partial charge in [0, 0.05) is 11.3 Å². The van der Waals surface area contributed by atoms with Crippen molar-refractivity contribution in [2.75, 3.05) is 11.5 Å². The predicted molar refractivity (Wildman–Crippen MR) is 47.8 cm³/mol. The van der Waals surface area contributed by atoms with E-state index in [1.807, 2.05) is 0 Å². The zero-order chi connectivity index (χ0) is 11.4. The van der Waals surface area contributed by atoms with Gasteiger partial charge in [0.05, 0.1) is 0 Å². The molecule has 0 unspecified atom stereocenters. The lowest BCUT2D eigenvalue weighted by Gasteiger charge is -2.20. The van der Waals surface area contributed by atoms with Crippen LogP contribution in [-0.2, 0) is 0 Å². The fourth-order valence-corrected chi connectivity index (χ4v) is 1.26. The first-order chi connectivity index (χ1) is 6.23. The minimum atomic E-state index is -5.50. The topological polar surface area (TPSA) is 0 Å². The summed E-state index contributed by atoms with van der Waals surface area (Å²) in [6.45, 7) is 2.60. The van der Waals surface area contributed by atoms with E-state index < -0.39 is 17.7 Å². The summed E-state index contributed by atoms with van der Waals surface area (Å²) in [6.07, 6.45) is -4.58. The van der Waals surface area contributed by atoms with Crippen molar-refractivity contribution in [1.29, 1.82) is 0 Å². The number of halogens is 5. The molecule has 0 aromatic carbocycles. The lowest BCUT2D eigenvalue weighted by molar-refractivity contribution is -0.264. The van der Waals surface area contributed by atoms with Crippen LogP contribution < -0.4 is 0 Å². The Labute approximate surface area is 83.6 Å². The van der Waals surface area contributed by atoms with Crippen molar-refractivity contribution in [2.24, 2.45) is 0 Å². The molecule has 0 saturated heterocycles. The van der Waals surface area contributed by atoms with Gasteiger partial charge in [-0.15, -0.1) is 0 Å². The molecule has 0 amide bonds. The fraction of sp³-hybridized carbons (Fsp3) is 0.750. The first-order valence-corrected chi connectivity index (χ1v) is 5.08. The lowest BCUT2D eigenvalue weighted by atomic mass is 10.1. The second-order valence-corrected chi connectivity index (χ2v) is 3.94. The maximum absolute atomic E-state index is 12.5. The molecule has 0 atom stereocenters. The van der Waals surface area contributed by atoms with Gasteiger partial charge in [0.1, 0.15) is 0 Å². The Bertz CT molecular complexity index is 206. The summed E-state index contributed by atoms with van der Waals surface area (Å²) in [5.74, 6) is -3.85. The highest BCUT2D eigenvalue weighted by Gasteiger charge is 2.58. The molecular formula is C8H11F5S. The molecule has 0 N–H and O–H groups in total. The van der Waals surface area contributed by atoms with Gasteiger partial charge in [0.15, 0.2) is 0 Å². The van der Waals surface area contributed by atoms with E-state index in [9.17, 15) is 22.0 Å². The standard InChI is InChI=1S/C8H11F5S/c1-3-14-5-4-6(2)7(9,10)8(11,12)13/h4H,3,5H2,1-2H3. The van der Waals surface area contributed by atoms with Gasteiger partial charge in [-0.3, -0.25) is 0 Å². The van der Waals surface area contributed by atoms with Crippen LogP contribution >= 0.6 is 11.8 Å². The van der Waals surface area contributed by atoms with E-state index in [4.69, 9.17) is 0 Å². The van der Waals surface area contributed by atoms with Crippen LogP contribution in [0.15, 0.2) is 11.6 Å². The molecule has 0 saturated carbocycles. The van der Waals surface area contributed by atoms with Gasteiger partial charge >= 0.3 is 12.1 Å². The maximum atomic E-state index is 12.5. The SMILES string of the molecule is CCSCC=C(C)C(F)(F)C(F)(F)F. The third-order valence-corrected chi connectivity index (χ3v) is 2.37. The summed E-state index contributed by atoms with van der Waals surface area (Å²) in [6, 6.07) is 0. The lowest BCUT2D eigenvalue weighted by Crippen LogP contribution is -2.37. The van der Waals surface area contributed by atoms with Crippen LogP contribution in [0, 0.1) is 0 Å². The van der Waals surface area contributed by atoms with E-state index in [2.05, 4.69) is 0 Å². The van der Waals surface area contributed by atoms with Gasteiger partial charge in [0.2, 0.25) is 0 Å². The van der Waals surface area contributed by atoms with E-state index >= 15 is 0 Å². The van der Waals surface area contributed by atoms with Crippen LogP contribution in [-0.4, -0.2) is 23.6 Å². The average molecular weight is 234 g/mol. The van der Waals surface area contributed by atoms with E-state index in [0.717, 1.165) is 13.0 Å². The molecule has 0 aliphatic heterocycles. The molecule has 0 bridgehead atoms. The average Bonchev–Trinajstić information content (AvgIpc) is 2.02. The van der Waals surface area contributed by atoms with E-state index in [1.165, 1.54) is 11.8 Å². The van der Waals surface area contributed by atoms with Crippen molar-refractivity contribution in [1.82, 2.24) is 0 Å². The summed E-state index contributed by atoms with van der Waals surface area (Å²) < 4.78 is 60.5. The van der Waals surface area contributed by atoms with Crippen molar-refractivity contribution < 1.29 is 22.0 Å². The summed E-state index contributed by atoms with van der Waals surface area (Å²) in [5, 5.41) is 0. The third-order valence-electron chi connectivity index (χ3n) is 1.56. The molecule has 0 radical (unpaired) electrons. The monoisotopic (exact) mass is 234 g/mol. The predicted octanol–water partition coefficient (Wildman–Crippen LogP) is 3.88. The molecule has 0 rings (SSSR count). The Morgan fingerprint density at radius 2 is 1.71 bits per heavy atom.